The Hall–Kier alpha value is -2.82. The average molecular weight is 280 g/mol. The zero-order valence-corrected chi connectivity index (χ0v) is 11.7. The molecule has 0 radical (unpaired) electrons. The number of aromatic nitrogens is 2. The maximum atomic E-state index is 11.4. The number of H-pyrrole nitrogens is 1. The molecule has 0 atom stereocenters. The molecule has 1 aromatic carbocycles. The lowest BCUT2D eigenvalue weighted by molar-refractivity contribution is 0.100. The molecule has 106 valence electrons. The van der Waals surface area contributed by atoms with Gasteiger partial charge in [0.2, 0.25) is 5.91 Å². The number of aromatic amines is 1. The SMILES string of the molecule is CNC1=CC(c2n[nH]c3ccc(C(N)=O)cc23)=CC=CC1. The highest BCUT2D eigenvalue weighted by atomic mass is 16.1. The van der Waals surface area contributed by atoms with Gasteiger partial charge in [0.25, 0.3) is 0 Å². The minimum absolute atomic E-state index is 0.440. The number of carbonyl (C=O) groups excluding carboxylic acids is 1. The van der Waals surface area contributed by atoms with E-state index in [1.807, 2.05) is 25.3 Å². The maximum absolute atomic E-state index is 11.4. The number of amides is 1. The van der Waals surface area contributed by atoms with Crippen molar-refractivity contribution in [2.75, 3.05) is 7.05 Å². The third-order valence-corrected chi connectivity index (χ3v) is 3.52. The second-order valence-corrected chi connectivity index (χ2v) is 4.87. The molecule has 1 aliphatic rings. The molecular formula is C16H16N4O. The number of primary amides is 1. The van der Waals surface area contributed by atoms with Crippen LogP contribution in [-0.4, -0.2) is 23.2 Å². The third-order valence-electron chi connectivity index (χ3n) is 3.52. The minimum Gasteiger partial charge on any atom is -0.391 e. The number of hydrogen-bond acceptors (Lipinski definition) is 3. The van der Waals surface area contributed by atoms with Crippen LogP contribution < -0.4 is 11.1 Å². The summed E-state index contributed by atoms with van der Waals surface area (Å²) in [5, 5.41) is 11.4. The van der Waals surface area contributed by atoms with Crippen LogP contribution in [0.1, 0.15) is 22.5 Å². The maximum Gasteiger partial charge on any atom is 0.248 e. The Balaban J connectivity index is 2.16. The van der Waals surface area contributed by atoms with Crippen molar-refractivity contribution in [2.24, 2.45) is 5.73 Å². The van der Waals surface area contributed by atoms with Gasteiger partial charge in [-0.25, -0.2) is 0 Å². The van der Waals surface area contributed by atoms with E-state index < -0.39 is 5.91 Å². The molecule has 0 spiro atoms. The summed E-state index contributed by atoms with van der Waals surface area (Å²) in [6.07, 6.45) is 9.02. The molecule has 5 heteroatoms. The van der Waals surface area contributed by atoms with Crippen molar-refractivity contribution < 1.29 is 4.79 Å². The van der Waals surface area contributed by atoms with Gasteiger partial charge in [-0.3, -0.25) is 9.89 Å². The van der Waals surface area contributed by atoms with Gasteiger partial charge in [-0.2, -0.15) is 5.10 Å². The number of benzene rings is 1. The number of carbonyl (C=O) groups is 1. The van der Waals surface area contributed by atoms with Crippen molar-refractivity contribution in [3.8, 4) is 0 Å². The fraction of sp³-hybridized carbons (Fsp3) is 0.125. The Morgan fingerprint density at radius 1 is 1.43 bits per heavy atom. The fourth-order valence-corrected chi connectivity index (χ4v) is 2.37. The largest absolute Gasteiger partial charge is 0.391 e. The highest BCUT2D eigenvalue weighted by molar-refractivity contribution is 6.00. The summed E-state index contributed by atoms with van der Waals surface area (Å²) in [5.41, 5.74) is 9.62. The van der Waals surface area contributed by atoms with Crippen LogP contribution in [0.5, 0.6) is 0 Å². The Kier molecular flexibility index (Phi) is 3.31. The lowest BCUT2D eigenvalue weighted by Gasteiger charge is -2.04. The van der Waals surface area contributed by atoms with E-state index >= 15 is 0 Å². The third kappa shape index (κ3) is 2.45. The first-order valence-corrected chi connectivity index (χ1v) is 6.72. The van der Waals surface area contributed by atoms with Crippen LogP contribution in [0.2, 0.25) is 0 Å². The number of nitrogens with one attached hydrogen (secondary N) is 2. The van der Waals surface area contributed by atoms with Gasteiger partial charge in [0.15, 0.2) is 0 Å². The van der Waals surface area contributed by atoms with Crippen LogP contribution in [0, 0.1) is 0 Å². The molecule has 0 unspecified atom stereocenters. The first-order chi connectivity index (χ1) is 10.2. The molecule has 1 heterocycles. The number of fused-ring (bicyclic) bond motifs is 1. The van der Waals surface area contributed by atoms with Crippen LogP contribution in [0.25, 0.3) is 16.5 Å². The van der Waals surface area contributed by atoms with E-state index in [1.54, 1.807) is 12.1 Å². The molecule has 0 aliphatic heterocycles. The van der Waals surface area contributed by atoms with Crippen LogP contribution in [0.3, 0.4) is 0 Å². The predicted octanol–water partition coefficient (Wildman–Crippen LogP) is 2.11. The topological polar surface area (TPSA) is 83.8 Å². The second kappa shape index (κ2) is 5.28. The zero-order chi connectivity index (χ0) is 14.8. The van der Waals surface area contributed by atoms with E-state index in [4.69, 9.17) is 5.73 Å². The lowest BCUT2D eigenvalue weighted by Crippen LogP contribution is -2.10. The van der Waals surface area contributed by atoms with Crippen LogP contribution in [-0.2, 0) is 0 Å². The van der Waals surface area contributed by atoms with Crippen LogP contribution >= 0.6 is 0 Å². The quantitative estimate of drug-likeness (QED) is 0.805. The molecule has 5 nitrogen and oxygen atoms in total. The molecular weight excluding hydrogens is 264 g/mol. The molecule has 1 amide bonds. The number of nitrogens with zero attached hydrogens (tertiary/aromatic N) is 1. The van der Waals surface area contributed by atoms with Gasteiger partial charge in [-0.15, -0.1) is 0 Å². The van der Waals surface area contributed by atoms with E-state index in [0.717, 1.165) is 34.3 Å². The summed E-state index contributed by atoms with van der Waals surface area (Å²) in [6, 6.07) is 5.30. The standard InChI is InChI=1S/C16H16N4O/c1-18-12-5-3-2-4-10(8-12)15-13-9-11(16(17)21)6-7-14(13)19-20-15/h2-4,6-9,18H,5H2,1H3,(H2,17,21)(H,19,20). The van der Waals surface area contributed by atoms with Crippen molar-refractivity contribution in [1.82, 2.24) is 15.5 Å². The molecule has 1 aliphatic carbocycles. The van der Waals surface area contributed by atoms with Gasteiger partial charge < -0.3 is 11.1 Å². The van der Waals surface area contributed by atoms with Gasteiger partial charge in [-0.1, -0.05) is 18.2 Å². The Morgan fingerprint density at radius 3 is 3.05 bits per heavy atom. The highest BCUT2D eigenvalue weighted by Gasteiger charge is 2.12. The van der Waals surface area contributed by atoms with Gasteiger partial charge in [-0.05, 0) is 24.3 Å². The Morgan fingerprint density at radius 2 is 2.29 bits per heavy atom. The van der Waals surface area contributed by atoms with Crippen LogP contribution in [0.15, 0.2) is 48.2 Å². The van der Waals surface area contributed by atoms with Crippen LogP contribution in [0.4, 0.5) is 0 Å². The van der Waals surface area contributed by atoms with Crippen molar-refractivity contribution in [3.05, 3.63) is 59.5 Å². The number of allylic oxidation sites excluding steroid dienone is 5. The zero-order valence-electron chi connectivity index (χ0n) is 11.7. The average Bonchev–Trinajstić information content (AvgIpc) is 2.76. The van der Waals surface area contributed by atoms with Crippen molar-refractivity contribution >= 4 is 22.4 Å². The van der Waals surface area contributed by atoms with E-state index in [0.29, 0.717) is 5.56 Å². The minimum atomic E-state index is -0.440. The number of rotatable bonds is 3. The Bertz CT molecular complexity index is 796. The van der Waals surface area contributed by atoms with Gasteiger partial charge in [0.1, 0.15) is 0 Å². The molecule has 21 heavy (non-hydrogen) atoms. The summed E-state index contributed by atoms with van der Waals surface area (Å²) >= 11 is 0. The smallest absolute Gasteiger partial charge is 0.248 e. The summed E-state index contributed by atoms with van der Waals surface area (Å²) in [7, 11) is 1.90. The first-order valence-electron chi connectivity index (χ1n) is 6.72. The van der Waals surface area contributed by atoms with Gasteiger partial charge >= 0.3 is 0 Å². The molecule has 0 saturated heterocycles. The van der Waals surface area contributed by atoms with E-state index in [-0.39, 0.29) is 0 Å². The van der Waals surface area contributed by atoms with E-state index in [1.165, 1.54) is 0 Å². The number of hydrogen-bond donors (Lipinski definition) is 3. The molecule has 1 aromatic heterocycles. The molecule has 0 bridgehead atoms. The van der Waals surface area contributed by atoms with E-state index in [2.05, 4.69) is 27.7 Å². The second-order valence-electron chi connectivity index (χ2n) is 4.87. The predicted molar refractivity (Wildman–Crippen MR) is 83.5 cm³/mol. The van der Waals surface area contributed by atoms with E-state index in [9.17, 15) is 4.79 Å². The molecule has 2 aromatic rings. The van der Waals surface area contributed by atoms with Crippen molar-refractivity contribution in [1.29, 1.82) is 0 Å². The summed E-state index contributed by atoms with van der Waals surface area (Å²) in [5.74, 6) is -0.440. The first kappa shape index (κ1) is 13.2. The normalized spacial score (nSPS) is 14.5. The summed E-state index contributed by atoms with van der Waals surface area (Å²) < 4.78 is 0. The van der Waals surface area contributed by atoms with Crippen molar-refractivity contribution in [3.63, 3.8) is 0 Å². The van der Waals surface area contributed by atoms with Gasteiger partial charge in [0, 0.05) is 35.7 Å². The Labute approximate surface area is 122 Å². The summed E-state index contributed by atoms with van der Waals surface area (Å²) in [6.45, 7) is 0. The highest BCUT2D eigenvalue weighted by Crippen LogP contribution is 2.26. The lowest BCUT2D eigenvalue weighted by atomic mass is 10.0. The number of nitrogens with two attached hydrogens (primary N) is 1. The monoisotopic (exact) mass is 280 g/mol. The molecule has 0 fully saturated rings. The summed E-state index contributed by atoms with van der Waals surface area (Å²) in [4.78, 5) is 11.4. The fourth-order valence-electron chi connectivity index (χ4n) is 2.37. The molecule has 4 N–H and O–H groups in total. The molecule has 0 saturated carbocycles. The van der Waals surface area contributed by atoms with Crippen molar-refractivity contribution in [2.45, 2.75) is 6.42 Å². The van der Waals surface area contributed by atoms with Gasteiger partial charge in [0.05, 0.1) is 11.2 Å². The molecule has 3 rings (SSSR count).